The molecule has 4 nitrogen and oxygen atoms in total. The molecule has 1 amide bonds. The minimum absolute atomic E-state index is 0.0615. The molecule has 1 aliphatic rings. The van der Waals surface area contributed by atoms with E-state index in [0.717, 1.165) is 12.8 Å². The van der Waals surface area contributed by atoms with Gasteiger partial charge in [0.1, 0.15) is 0 Å². The number of carbonyl (C=O) groups excluding carboxylic acids is 1. The molecule has 1 aromatic rings. The number of nitrogens with two attached hydrogens (primary N) is 1. The lowest BCUT2D eigenvalue weighted by Crippen LogP contribution is -2.21. The van der Waals surface area contributed by atoms with Gasteiger partial charge in [-0.15, -0.1) is 0 Å². The molecule has 1 saturated carbocycles. The molecule has 0 aliphatic heterocycles. The molecule has 1 aliphatic carbocycles. The van der Waals surface area contributed by atoms with Crippen molar-refractivity contribution in [2.45, 2.75) is 50.2 Å². The van der Waals surface area contributed by atoms with Crippen LogP contribution in [-0.2, 0) is 15.6 Å². The van der Waals surface area contributed by atoms with Gasteiger partial charge in [0.15, 0.2) is 0 Å². The smallest absolute Gasteiger partial charge is 0.224 e. The van der Waals surface area contributed by atoms with Gasteiger partial charge < -0.3 is 11.1 Å². The molecule has 1 fully saturated rings. The number of carbonyl (C=O) groups is 1. The molecule has 0 radical (unpaired) electrons. The SMILES string of the molecule is Nc1ccccc1NC(=O)CCCS(=O)C1CCCCC1. The Labute approximate surface area is 129 Å². The number of hydrogen-bond acceptors (Lipinski definition) is 3. The van der Waals surface area contributed by atoms with Crippen molar-refractivity contribution in [2.75, 3.05) is 16.8 Å². The fraction of sp³-hybridized carbons (Fsp3) is 0.562. The Morgan fingerprint density at radius 2 is 1.95 bits per heavy atom. The van der Waals surface area contributed by atoms with Gasteiger partial charge in [0, 0.05) is 28.2 Å². The minimum atomic E-state index is -0.778. The molecule has 0 spiro atoms. The fourth-order valence-corrected chi connectivity index (χ4v) is 4.31. The van der Waals surface area contributed by atoms with Gasteiger partial charge in [0.2, 0.25) is 5.91 Å². The van der Waals surface area contributed by atoms with Crippen molar-refractivity contribution in [3.05, 3.63) is 24.3 Å². The van der Waals surface area contributed by atoms with Crippen LogP contribution in [0.2, 0.25) is 0 Å². The number of hydrogen-bond donors (Lipinski definition) is 2. The van der Waals surface area contributed by atoms with E-state index in [9.17, 15) is 9.00 Å². The molecule has 116 valence electrons. The normalized spacial score (nSPS) is 17.3. The summed E-state index contributed by atoms with van der Waals surface area (Å²) in [5, 5.41) is 3.15. The molecule has 1 unspecified atom stereocenters. The van der Waals surface area contributed by atoms with Crippen molar-refractivity contribution in [1.29, 1.82) is 0 Å². The van der Waals surface area contributed by atoms with E-state index < -0.39 is 10.8 Å². The van der Waals surface area contributed by atoms with Crippen molar-refractivity contribution in [1.82, 2.24) is 0 Å². The Morgan fingerprint density at radius 3 is 2.67 bits per heavy atom. The lowest BCUT2D eigenvalue weighted by Gasteiger charge is -2.20. The van der Waals surface area contributed by atoms with E-state index in [4.69, 9.17) is 5.73 Å². The van der Waals surface area contributed by atoms with E-state index in [1.165, 1.54) is 19.3 Å². The van der Waals surface area contributed by atoms with Crippen molar-refractivity contribution in [3.63, 3.8) is 0 Å². The molecule has 0 bridgehead atoms. The second-order valence-corrected chi connectivity index (χ2v) is 7.42. The largest absolute Gasteiger partial charge is 0.397 e. The molecule has 1 atom stereocenters. The van der Waals surface area contributed by atoms with Crippen LogP contribution in [0.15, 0.2) is 24.3 Å². The summed E-state index contributed by atoms with van der Waals surface area (Å²) in [6.07, 6.45) is 6.90. The highest BCUT2D eigenvalue weighted by molar-refractivity contribution is 7.85. The molecule has 0 heterocycles. The van der Waals surface area contributed by atoms with Gasteiger partial charge in [-0.1, -0.05) is 31.4 Å². The molecular formula is C16H24N2O2S. The Balaban J connectivity index is 1.69. The zero-order valence-corrected chi connectivity index (χ0v) is 13.2. The Bertz CT molecular complexity index is 499. The van der Waals surface area contributed by atoms with E-state index in [-0.39, 0.29) is 5.91 Å². The van der Waals surface area contributed by atoms with Crippen LogP contribution in [0.25, 0.3) is 0 Å². The van der Waals surface area contributed by atoms with Crippen LogP contribution in [0.1, 0.15) is 44.9 Å². The van der Waals surface area contributed by atoms with Gasteiger partial charge in [-0.3, -0.25) is 9.00 Å². The van der Waals surface area contributed by atoms with Crippen molar-refractivity contribution in [2.24, 2.45) is 0 Å². The Morgan fingerprint density at radius 1 is 1.24 bits per heavy atom. The summed E-state index contributed by atoms with van der Waals surface area (Å²) in [6.45, 7) is 0. The Hall–Kier alpha value is -1.36. The summed E-state index contributed by atoms with van der Waals surface area (Å²) in [6, 6.07) is 7.21. The second kappa shape index (κ2) is 8.17. The number of benzene rings is 1. The Kier molecular flexibility index (Phi) is 6.23. The van der Waals surface area contributed by atoms with Gasteiger partial charge in [0.05, 0.1) is 11.4 Å². The van der Waals surface area contributed by atoms with Crippen LogP contribution in [0, 0.1) is 0 Å². The zero-order valence-electron chi connectivity index (χ0n) is 12.3. The van der Waals surface area contributed by atoms with E-state index >= 15 is 0 Å². The first kappa shape index (κ1) is 16.0. The summed E-state index contributed by atoms with van der Waals surface area (Å²) in [7, 11) is -0.778. The molecule has 2 rings (SSSR count). The fourth-order valence-electron chi connectivity index (χ4n) is 2.69. The first-order chi connectivity index (χ1) is 10.2. The van der Waals surface area contributed by atoms with Gasteiger partial charge in [-0.05, 0) is 31.4 Å². The highest BCUT2D eigenvalue weighted by atomic mass is 32.2. The molecule has 1 aromatic carbocycles. The van der Waals surface area contributed by atoms with E-state index in [1.54, 1.807) is 12.1 Å². The highest BCUT2D eigenvalue weighted by Gasteiger charge is 2.19. The molecular weight excluding hydrogens is 284 g/mol. The summed E-state index contributed by atoms with van der Waals surface area (Å²) >= 11 is 0. The van der Waals surface area contributed by atoms with Crippen LogP contribution >= 0.6 is 0 Å². The zero-order chi connectivity index (χ0) is 15.1. The van der Waals surface area contributed by atoms with Gasteiger partial charge in [-0.25, -0.2) is 0 Å². The van der Waals surface area contributed by atoms with Gasteiger partial charge in [-0.2, -0.15) is 0 Å². The third-order valence-corrected chi connectivity index (χ3v) is 5.81. The molecule has 0 saturated heterocycles. The quantitative estimate of drug-likeness (QED) is 0.793. The first-order valence-electron chi connectivity index (χ1n) is 7.68. The van der Waals surface area contributed by atoms with Crippen LogP contribution in [0.4, 0.5) is 11.4 Å². The number of nitrogen functional groups attached to an aromatic ring is 1. The number of nitrogens with one attached hydrogen (secondary N) is 1. The second-order valence-electron chi connectivity index (χ2n) is 5.58. The standard InChI is InChI=1S/C16H24N2O2S/c17-14-9-4-5-10-15(14)18-16(19)11-6-12-21(20)13-7-2-1-3-8-13/h4-5,9-10,13H,1-3,6-8,11-12,17H2,(H,18,19). The maximum absolute atomic E-state index is 12.2. The summed E-state index contributed by atoms with van der Waals surface area (Å²) in [4.78, 5) is 11.9. The molecule has 5 heteroatoms. The third kappa shape index (κ3) is 5.16. The van der Waals surface area contributed by atoms with E-state index in [1.807, 2.05) is 12.1 Å². The van der Waals surface area contributed by atoms with Crippen LogP contribution in [-0.4, -0.2) is 21.1 Å². The predicted octanol–water partition coefficient (Wildman–Crippen LogP) is 3.07. The molecule has 21 heavy (non-hydrogen) atoms. The first-order valence-corrected chi connectivity index (χ1v) is 9.06. The monoisotopic (exact) mass is 308 g/mol. The average Bonchev–Trinajstić information content (AvgIpc) is 2.50. The summed E-state index contributed by atoms with van der Waals surface area (Å²) in [5.74, 6) is 0.566. The maximum atomic E-state index is 12.2. The summed E-state index contributed by atoms with van der Waals surface area (Å²) < 4.78 is 12.2. The van der Waals surface area contributed by atoms with Crippen molar-refractivity contribution in [3.8, 4) is 0 Å². The van der Waals surface area contributed by atoms with Crippen molar-refractivity contribution < 1.29 is 9.00 Å². The highest BCUT2D eigenvalue weighted by Crippen LogP contribution is 2.22. The van der Waals surface area contributed by atoms with E-state index in [0.29, 0.717) is 35.2 Å². The van der Waals surface area contributed by atoms with Crippen LogP contribution in [0.3, 0.4) is 0 Å². The molecule has 3 N–H and O–H groups in total. The number of para-hydroxylation sites is 2. The number of amides is 1. The molecule has 0 aromatic heterocycles. The van der Waals surface area contributed by atoms with Gasteiger partial charge in [0.25, 0.3) is 0 Å². The third-order valence-electron chi connectivity index (χ3n) is 3.91. The topological polar surface area (TPSA) is 72.2 Å². The van der Waals surface area contributed by atoms with Crippen LogP contribution in [0.5, 0.6) is 0 Å². The van der Waals surface area contributed by atoms with E-state index in [2.05, 4.69) is 5.32 Å². The van der Waals surface area contributed by atoms with Crippen LogP contribution < -0.4 is 11.1 Å². The predicted molar refractivity (Wildman–Crippen MR) is 88.6 cm³/mol. The number of rotatable bonds is 6. The minimum Gasteiger partial charge on any atom is -0.397 e. The van der Waals surface area contributed by atoms with Gasteiger partial charge >= 0.3 is 0 Å². The maximum Gasteiger partial charge on any atom is 0.224 e. The van der Waals surface area contributed by atoms with Crippen molar-refractivity contribution >= 4 is 28.1 Å². The average molecular weight is 308 g/mol. The lowest BCUT2D eigenvalue weighted by atomic mass is 10.0. The number of anilines is 2. The summed E-state index contributed by atoms with van der Waals surface area (Å²) in [5.41, 5.74) is 7.00. The lowest BCUT2D eigenvalue weighted by molar-refractivity contribution is -0.116.